The number of nitrogens with zero attached hydrogens (tertiary/aromatic N) is 3. The van der Waals surface area contributed by atoms with Crippen molar-refractivity contribution in [1.82, 2.24) is 14.4 Å². The van der Waals surface area contributed by atoms with Crippen LogP contribution in [0.3, 0.4) is 0 Å². The van der Waals surface area contributed by atoms with Crippen molar-refractivity contribution in [2.24, 2.45) is 0 Å². The lowest BCUT2D eigenvalue weighted by molar-refractivity contribution is 0.00616. The van der Waals surface area contributed by atoms with Crippen molar-refractivity contribution in [3.05, 3.63) is 23.2 Å². The van der Waals surface area contributed by atoms with Gasteiger partial charge in [-0.2, -0.15) is 0 Å². The number of rotatable bonds is 4. The van der Waals surface area contributed by atoms with Gasteiger partial charge in [0, 0.05) is 38.2 Å². The third-order valence-electron chi connectivity index (χ3n) is 5.47. The van der Waals surface area contributed by atoms with Crippen molar-refractivity contribution in [2.75, 3.05) is 39.4 Å². The molecule has 2 amide bonds. The highest BCUT2D eigenvalue weighted by Crippen LogP contribution is 2.28. The van der Waals surface area contributed by atoms with E-state index in [9.17, 15) is 9.59 Å². The van der Waals surface area contributed by atoms with Crippen molar-refractivity contribution in [2.45, 2.75) is 38.8 Å². The van der Waals surface area contributed by atoms with Crippen LogP contribution in [0, 0.1) is 0 Å². The van der Waals surface area contributed by atoms with Gasteiger partial charge >= 0.3 is 6.09 Å². The van der Waals surface area contributed by atoms with Gasteiger partial charge in [-0.3, -0.25) is 4.79 Å². The first-order valence-electron chi connectivity index (χ1n) is 10.1. The largest absolute Gasteiger partial charge is 0.450 e. The zero-order valence-electron chi connectivity index (χ0n) is 16.3. The molecule has 2 fully saturated rings. The summed E-state index contributed by atoms with van der Waals surface area (Å²) in [6, 6.07) is 4.06. The summed E-state index contributed by atoms with van der Waals surface area (Å²) in [6.45, 7) is 5.75. The number of fused-ring (bicyclic) bond motifs is 1. The normalized spacial score (nSPS) is 20.5. The molecule has 0 N–H and O–H groups in total. The maximum atomic E-state index is 13.3. The maximum Gasteiger partial charge on any atom is 0.409 e. The highest BCUT2D eigenvalue weighted by atomic mass is 32.1. The molecule has 8 heteroatoms. The zero-order chi connectivity index (χ0) is 19.5. The van der Waals surface area contributed by atoms with E-state index in [1.165, 1.54) is 6.42 Å². The molecule has 0 bridgehead atoms. The van der Waals surface area contributed by atoms with Crippen LogP contribution in [-0.4, -0.2) is 71.9 Å². The fraction of sp³-hybridized carbons (Fsp3) is 0.600. The van der Waals surface area contributed by atoms with E-state index in [0.717, 1.165) is 35.4 Å². The third-order valence-corrected chi connectivity index (χ3v) is 6.43. The Morgan fingerprint density at radius 1 is 1.21 bits per heavy atom. The van der Waals surface area contributed by atoms with Crippen LogP contribution in [-0.2, 0) is 16.0 Å². The molecule has 152 valence electrons. The standard InChI is InChI=1S/C20H27N3O4S/c1-2-26-20(25)22-9-7-21(8-10-22)18(24)17-13-15-6-12-28-19(15)23(17)14-16-5-3-4-11-27-16/h6,12-13,16H,2-5,7-11,14H2,1H3/t16-/m0/s1. The summed E-state index contributed by atoms with van der Waals surface area (Å²) < 4.78 is 13.1. The lowest BCUT2D eigenvalue weighted by Crippen LogP contribution is -2.51. The highest BCUT2D eigenvalue weighted by Gasteiger charge is 2.28. The van der Waals surface area contributed by atoms with E-state index in [-0.39, 0.29) is 18.1 Å². The zero-order valence-corrected chi connectivity index (χ0v) is 17.1. The molecule has 0 saturated carbocycles. The molecule has 0 aromatic carbocycles. The van der Waals surface area contributed by atoms with E-state index in [1.807, 2.05) is 11.0 Å². The molecule has 0 spiro atoms. The van der Waals surface area contributed by atoms with Gasteiger partial charge in [0.25, 0.3) is 5.91 Å². The fourth-order valence-corrected chi connectivity index (χ4v) is 4.86. The average Bonchev–Trinajstić information content (AvgIpc) is 3.31. The van der Waals surface area contributed by atoms with Gasteiger partial charge in [-0.1, -0.05) is 0 Å². The number of hydrogen-bond donors (Lipinski definition) is 0. The molecule has 0 unspecified atom stereocenters. The lowest BCUT2D eigenvalue weighted by atomic mass is 10.1. The Morgan fingerprint density at radius 2 is 2.00 bits per heavy atom. The molecule has 2 aromatic heterocycles. The Labute approximate surface area is 168 Å². The van der Waals surface area contributed by atoms with Gasteiger partial charge in [0.15, 0.2) is 0 Å². The Kier molecular flexibility index (Phi) is 5.87. The molecular formula is C20H27N3O4S. The van der Waals surface area contributed by atoms with Gasteiger partial charge < -0.3 is 23.8 Å². The van der Waals surface area contributed by atoms with Crippen LogP contribution in [0.25, 0.3) is 10.2 Å². The number of ether oxygens (including phenoxy) is 2. The van der Waals surface area contributed by atoms with Crippen molar-refractivity contribution < 1.29 is 19.1 Å². The monoisotopic (exact) mass is 405 g/mol. The smallest absolute Gasteiger partial charge is 0.409 e. The van der Waals surface area contributed by atoms with Crippen LogP contribution >= 0.6 is 11.3 Å². The predicted octanol–water partition coefficient (Wildman–Crippen LogP) is 3.19. The summed E-state index contributed by atoms with van der Waals surface area (Å²) in [6.07, 6.45) is 3.20. The quantitative estimate of drug-likeness (QED) is 0.784. The van der Waals surface area contributed by atoms with Gasteiger partial charge in [0.05, 0.1) is 19.3 Å². The molecule has 2 saturated heterocycles. The van der Waals surface area contributed by atoms with Crippen LogP contribution in [0.2, 0.25) is 0 Å². The first kappa shape index (κ1) is 19.3. The average molecular weight is 406 g/mol. The number of piperazine rings is 1. The van der Waals surface area contributed by atoms with Gasteiger partial charge in [-0.15, -0.1) is 11.3 Å². The molecular weight excluding hydrogens is 378 g/mol. The number of thiophene rings is 1. The number of hydrogen-bond acceptors (Lipinski definition) is 5. The number of amides is 2. The van der Waals surface area contributed by atoms with Crippen LogP contribution in [0.5, 0.6) is 0 Å². The summed E-state index contributed by atoms with van der Waals surface area (Å²) in [7, 11) is 0. The summed E-state index contributed by atoms with van der Waals surface area (Å²) in [4.78, 5) is 29.8. The number of carbonyl (C=O) groups excluding carboxylic acids is 2. The Morgan fingerprint density at radius 3 is 2.71 bits per heavy atom. The van der Waals surface area contributed by atoms with Crippen LogP contribution in [0.4, 0.5) is 4.79 Å². The molecule has 1 atom stereocenters. The SMILES string of the molecule is CCOC(=O)N1CCN(C(=O)c2cc3ccsc3n2C[C@@H]2CCCCO2)CC1. The molecule has 0 radical (unpaired) electrons. The topological polar surface area (TPSA) is 64.0 Å². The molecule has 2 aliphatic heterocycles. The third kappa shape index (κ3) is 3.89. The van der Waals surface area contributed by atoms with Crippen molar-refractivity contribution in [3.63, 3.8) is 0 Å². The predicted molar refractivity (Wildman–Crippen MR) is 108 cm³/mol. The van der Waals surface area contributed by atoms with Crippen molar-refractivity contribution >= 4 is 33.6 Å². The molecule has 28 heavy (non-hydrogen) atoms. The van der Waals surface area contributed by atoms with E-state index >= 15 is 0 Å². The van der Waals surface area contributed by atoms with E-state index in [2.05, 4.69) is 16.0 Å². The minimum atomic E-state index is -0.298. The summed E-state index contributed by atoms with van der Waals surface area (Å²) in [5, 5.41) is 3.17. The first-order chi connectivity index (χ1) is 13.7. The van der Waals surface area contributed by atoms with Gasteiger partial charge in [0.2, 0.25) is 0 Å². The van der Waals surface area contributed by atoms with E-state index < -0.39 is 0 Å². The van der Waals surface area contributed by atoms with Crippen LogP contribution in [0.1, 0.15) is 36.7 Å². The highest BCUT2D eigenvalue weighted by molar-refractivity contribution is 7.16. The molecule has 0 aliphatic carbocycles. The second kappa shape index (κ2) is 8.53. The first-order valence-corrected chi connectivity index (χ1v) is 10.9. The minimum Gasteiger partial charge on any atom is -0.450 e. The Balaban J connectivity index is 1.49. The van der Waals surface area contributed by atoms with E-state index in [4.69, 9.17) is 9.47 Å². The molecule has 2 aliphatic rings. The number of carbonyl (C=O) groups is 2. The summed E-state index contributed by atoms with van der Waals surface area (Å²) in [5.41, 5.74) is 0.723. The second-order valence-electron chi connectivity index (χ2n) is 7.29. The minimum absolute atomic E-state index is 0.0303. The van der Waals surface area contributed by atoms with E-state index in [1.54, 1.807) is 23.2 Å². The molecule has 7 nitrogen and oxygen atoms in total. The van der Waals surface area contributed by atoms with Crippen molar-refractivity contribution in [1.29, 1.82) is 0 Å². The molecule has 4 heterocycles. The van der Waals surface area contributed by atoms with Gasteiger partial charge in [0.1, 0.15) is 10.5 Å². The lowest BCUT2D eigenvalue weighted by Gasteiger charge is -2.34. The Hall–Kier alpha value is -2.06. The summed E-state index contributed by atoms with van der Waals surface area (Å²) in [5.74, 6) is 0.0303. The molecule has 2 aromatic rings. The van der Waals surface area contributed by atoms with Crippen molar-refractivity contribution in [3.8, 4) is 0 Å². The molecule has 4 rings (SSSR count). The fourth-order valence-electron chi connectivity index (χ4n) is 3.96. The van der Waals surface area contributed by atoms with Gasteiger partial charge in [-0.25, -0.2) is 4.79 Å². The summed E-state index contributed by atoms with van der Waals surface area (Å²) >= 11 is 1.66. The van der Waals surface area contributed by atoms with Crippen LogP contribution in [0.15, 0.2) is 17.5 Å². The Bertz CT molecular complexity index is 832. The van der Waals surface area contributed by atoms with E-state index in [0.29, 0.717) is 39.3 Å². The second-order valence-corrected chi connectivity index (χ2v) is 8.18. The van der Waals surface area contributed by atoms with Gasteiger partial charge in [-0.05, 0) is 43.7 Å². The number of aromatic nitrogens is 1. The van der Waals surface area contributed by atoms with Crippen LogP contribution < -0.4 is 0 Å². The maximum absolute atomic E-state index is 13.3.